The van der Waals surface area contributed by atoms with Crippen molar-refractivity contribution in [3.63, 3.8) is 0 Å². The van der Waals surface area contributed by atoms with Crippen LogP contribution in [0, 0.1) is 6.92 Å². The number of hydrogen-bond acceptors (Lipinski definition) is 4. The first-order valence-corrected chi connectivity index (χ1v) is 7.13. The van der Waals surface area contributed by atoms with Crippen LogP contribution >= 0.6 is 0 Å². The number of carbonyl (C=O) groups is 4. The zero-order chi connectivity index (χ0) is 17.7. The lowest BCUT2D eigenvalue weighted by Gasteiger charge is -2.09. The van der Waals surface area contributed by atoms with Gasteiger partial charge in [0.05, 0.1) is 0 Å². The van der Waals surface area contributed by atoms with Gasteiger partial charge in [0.25, 0.3) is 0 Å². The van der Waals surface area contributed by atoms with Crippen molar-refractivity contribution < 1.29 is 19.2 Å². The zero-order valence-electron chi connectivity index (χ0n) is 12.9. The van der Waals surface area contributed by atoms with Crippen molar-refractivity contribution in [3.05, 3.63) is 30.0 Å². The summed E-state index contributed by atoms with van der Waals surface area (Å²) in [6, 6.07) is 4.54. The molecule has 0 radical (unpaired) electrons. The Morgan fingerprint density at radius 1 is 1.17 bits per heavy atom. The normalized spacial score (nSPS) is 10.2. The standard InChI is InChI=1S/C15H17N5O4/c1-8-6-9-2-4-17-11(9)7-10(8)19-14(23)13(22)18-5-3-12(21)20-15(16)24/h2,4,6-7,17H,3,5H2,1H3,(H,18,22)(H,19,23)(H3,16,20,21,24). The van der Waals surface area contributed by atoms with Crippen LogP contribution in [0.15, 0.2) is 24.4 Å². The van der Waals surface area contributed by atoms with Gasteiger partial charge in [0.1, 0.15) is 0 Å². The molecule has 2 rings (SSSR count). The summed E-state index contributed by atoms with van der Waals surface area (Å²) in [6.45, 7) is 1.72. The minimum atomic E-state index is -0.973. The van der Waals surface area contributed by atoms with Gasteiger partial charge in [-0.1, -0.05) is 0 Å². The number of primary amides is 1. The molecule has 6 N–H and O–H groups in total. The minimum Gasteiger partial charge on any atom is -0.361 e. The molecule has 0 saturated carbocycles. The van der Waals surface area contributed by atoms with Gasteiger partial charge in [-0.05, 0) is 36.1 Å². The molecule has 9 nitrogen and oxygen atoms in total. The van der Waals surface area contributed by atoms with Crippen LogP contribution in [0.4, 0.5) is 10.5 Å². The lowest BCUT2D eigenvalue weighted by molar-refractivity contribution is -0.136. The van der Waals surface area contributed by atoms with Crippen LogP contribution in [-0.4, -0.2) is 35.3 Å². The number of H-pyrrole nitrogens is 1. The van der Waals surface area contributed by atoms with Crippen molar-refractivity contribution in [3.8, 4) is 0 Å². The van der Waals surface area contributed by atoms with E-state index in [0.29, 0.717) is 5.69 Å². The quantitative estimate of drug-likeness (QED) is 0.506. The molecule has 0 aliphatic rings. The molecule has 1 aromatic carbocycles. The Balaban J connectivity index is 1.88. The van der Waals surface area contributed by atoms with Gasteiger partial charge in [0, 0.05) is 30.4 Å². The molecular formula is C15H17N5O4. The molecule has 0 saturated heterocycles. The van der Waals surface area contributed by atoms with E-state index < -0.39 is 23.8 Å². The average Bonchev–Trinajstić information content (AvgIpc) is 2.93. The predicted molar refractivity (Wildman–Crippen MR) is 87.0 cm³/mol. The van der Waals surface area contributed by atoms with Crippen molar-refractivity contribution in [2.75, 3.05) is 11.9 Å². The van der Waals surface area contributed by atoms with Crippen LogP contribution in [0.2, 0.25) is 0 Å². The van der Waals surface area contributed by atoms with Crippen molar-refractivity contribution in [1.82, 2.24) is 15.6 Å². The van der Waals surface area contributed by atoms with E-state index in [1.807, 2.05) is 24.4 Å². The number of imide groups is 1. The van der Waals surface area contributed by atoms with E-state index in [1.165, 1.54) is 0 Å². The second-order valence-corrected chi connectivity index (χ2v) is 5.10. The number of anilines is 1. The summed E-state index contributed by atoms with van der Waals surface area (Å²) in [6.07, 6.45) is 1.61. The number of aryl methyl sites for hydroxylation is 1. The van der Waals surface area contributed by atoms with Crippen LogP contribution in [0.25, 0.3) is 10.9 Å². The number of urea groups is 1. The maximum atomic E-state index is 11.9. The van der Waals surface area contributed by atoms with Gasteiger partial charge >= 0.3 is 17.8 Å². The highest BCUT2D eigenvalue weighted by Gasteiger charge is 2.15. The largest absolute Gasteiger partial charge is 0.361 e. The van der Waals surface area contributed by atoms with Crippen molar-refractivity contribution in [2.45, 2.75) is 13.3 Å². The average molecular weight is 331 g/mol. The second-order valence-electron chi connectivity index (χ2n) is 5.10. The first-order chi connectivity index (χ1) is 11.4. The number of hydrogen-bond donors (Lipinski definition) is 5. The zero-order valence-corrected chi connectivity index (χ0v) is 12.9. The van der Waals surface area contributed by atoms with E-state index in [1.54, 1.807) is 12.3 Å². The van der Waals surface area contributed by atoms with E-state index >= 15 is 0 Å². The molecule has 0 atom stereocenters. The summed E-state index contributed by atoms with van der Waals surface area (Å²) in [7, 11) is 0. The number of aromatic amines is 1. The Morgan fingerprint density at radius 3 is 2.62 bits per heavy atom. The molecule has 24 heavy (non-hydrogen) atoms. The highest BCUT2D eigenvalue weighted by atomic mass is 16.2. The first kappa shape index (κ1) is 17.0. The number of carbonyl (C=O) groups excluding carboxylic acids is 4. The summed E-state index contributed by atoms with van der Waals surface area (Å²) < 4.78 is 0. The van der Waals surface area contributed by atoms with E-state index in [2.05, 4.69) is 15.6 Å². The van der Waals surface area contributed by atoms with Crippen LogP contribution in [0.5, 0.6) is 0 Å². The molecule has 0 spiro atoms. The number of fused-ring (bicyclic) bond motifs is 1. The van der Waals surface area contributed by atoms with Gasteiger partial charge in [-0.15, -0.1) is 0 Å². The van der Waals surface area contributed by atoms with Gasteiger partial charge in [-0.3, -0.25) is 19.7 Å². The third-order valence-corrected chi connectivity index (χ3v) is 3.25. The van der Waals surface area contributed by atoms with Gasteiger partial charge in [0.2, 0.25) is 5.91 Å². The van der Waals surface area contributed by atoms with Crippen LogP contribution in [-0.2, 0) is 14.4 Å². The Labute approximate surface area is 137 Å². The van der Waals surface area contributed by atoms with Crippen LogP contribution in [0.3, 0.4) is 0 Å². The van der Waals surface area contributed by atoms with Gasteiger partial charge < -0.3 is 21.4 Å². The molecule has 0 bridgehead atoms. The fourth-order valence-corrected chi connectivity index (χ4v) is 2.10. The third kappa shape index (κ3) is 4.32. The topological polar surface area (TPSA) is 146 Å². The molecule has 0 fully saturated rings. The monoisotopic (exact) mass is 331 g/mol. The molecule has 0 aliphatic heterocycles. The van der Waals surface area contributed by atoms with E-state index in [0.717, 1.165) is 16.5 Å². The fourth-order valence-electron chi connectivity index (χ4n) is 2.10. The summed E-state index contributed by atoms with van der Waals surface area (Å²) in [5, 5.41) is 7.65. The highest BCUT2D eigenvalue weighted by molar-refractivity contribution is 6.39. The molecular weight excluding hydrogens is 314 g/mol. The predicted octanol–water partition coefficient (Wildman–Crippen LogP) is 0.116. The Hall–Kier alpha value is -3.36. The Kier molecular flexibility index (Phi) is 5.15. The number of nitrogens with one attached hydrogen (secondary N) is 4. The number of amides is 5. The van der Waals surface area contributed by atoms with Gasteiger partial charge in [-0.25, -0.2) is 4.79 Å². The van der Waals surface area contributed by atoms with Crippen molar-refractivity contribution >= 4 is 40.3 Å². The van der Waals surface area contributed by atoms with Crippen LogP contribution < -0.4 is 21.7 Å². The minimum absolute atomic E-state index is 0.0972. The third-order valence-electron chi connectivity index (χ3n) is 3.25. The molecule has 5 amide bonds. The molecule has 9 heteroatoms. The molecule has 126 valence electrons. The Morgan fingerprint density at radius 2 is 1.92 bits per heavy atom. The summed E-state index contributed by atoms with van der Waals surface area (Å²) in [4.78, 5) is 48.3. The number of nitrogens with two attached hydrogens (primary N) is 1. The van der Waals surface area contributed by atoms with Gasteiger partial charge in [-0.2, -0.15) is 0 Å². The van der Waals surface area contributed by atoms with Crippen molar-refractivity contribution in [2.24, 2.45) is 5.73 Å². The summed E-state index contributed by atoms with van der Waals surface area (Å²) in [5.74, 6) is -2.37. The van der Waals surface area contributed by atoms with E-state index in [-0.39, 0.29) is 13.0 Å². The smallest absolute Gasteiger partial charge is 0.318 e. The lowest BCUT2D eigenvalue weighted by Crippen LogP contribution is -2.40. The Bertz CT molecular complexity index is 811. The van der Waals surface area contributed by atoms with Gasteiger partial charge in [0.15, 0.2) is 0 Å². The maximum absolute atomic E-state index is 11.9. The molecule has 0 aliphatic carbocycles. The number of aromatic nitrogens is 1. The first-order valence-electron chi connectivity index (χ1n) is 7.13. The number of rotatable bonds is 4. The number of benzene rings is 1. The molecule has 1 heterocycles. The summed E-state index contributed by atoms with van der Waals surface area (Å²) in [5.41, 5.74) is 6.93. The maximum Gasteiger partial charge on any atom is 0.318 e. The molecule has 2 aromatic rings. The van der Waals surface area contributed by atoms with Crippen molar-refractivity contribution in [1.29, 1.82) is 0 Å². The molecule has 1 aromatic heterocycles. The SMILES string of the molecule is Cc1cc2cc[nH]c2cc1NC(=O)C(=O)NCCC(=O)NC(N)=O. The summed E-state index contributed by atoms with van der Waals surface area (Å²) >= 11 is 0. The highest BCUT2D eigenvalue weighted by Crippen LogP contribution is 2.22. The second kappa shape index (κ2) is 7.27. The fraction of sp³-hybridized carbons (Fsp3) is 0.200. The lowest BCUT2D eigenvalue weighted by atomic mass is 10.1. The van der Waals surface area contributed by atoms with Crippen LogP contribution in [0.1, 0.15) is 12.0 Å². The van der Waals surface area contributed by atoms with E-state index in [9.17, 15) is 19.2 Å². The molecule has 0 unspecified atom stereocenters. The van der Waals surface area contributed by atoms with E-state index in [4.69, 9.17) is 5.73 Å².